The number of nitrogens with zero attached hydrogens (tertiary/aromatic N) is 1. The average molecular weight is 306 g/mol. The summed E-state index contributed by atoms with van der Waals surface area (Å²) in [6.45, 7) is 1.83. The lowest BCUT2D eigenvalue weighted by Gasteiger charge is -2.11. The van der Waals surface area contributed by atoms with Crippen molar-refractivity contribution in [2.45, 2.75) is 31.7 Å². The van der Waals surface area contributed by atoms with Crippen molar-refractivity contribution in [2.24, 2.45) is 0 Å². The summed E-state index contributed by atoms with van der Waals surface area (Å²) >= 11 is 0. The van der Waals surface area contributed by atoms with Gasteiger partial charge in [-0.1, -0.05) is 6.07 Å². The first-order valence-electron chi connectivity index (χ1n) is 6.24. The third-order valence-electron chi connectivity index (χ3n) is 3.04. The Morgan fingerprint density at radius 1 is 1.42 bits per heavy atom. The van der Waals surface area contributed by atoms with E-state index in [2.05, 4.69) is 15.6 Å². The molecule has 1 aromatic heterocycles. The van der Waals surface area contributed by atoms with Gasteiger partial charge in [0.2, 0.25) is 5.91 Å². The smallest absolute Gasteiger partial charge is 0.220 e. The summed E-state index contributed by atoms with van der Waals surface area (Å²) in [7, 11) is 0. The summed E-state index contributed by atoms with van der Waals surface area (Å²) in [4.78, 5) is 15.8. The molecule has 2 rings (SSSR count). The number of halogens is 2. The molecular formula is C13H21Cl2N3O. The zero-order valence-electron chi connectivity index (χ0n) is 10.8. The Balaban J connectivity index is 0.00000162. The number of aryl methyl sites for hydroxylation is 1. The fourth-order valence-corrected chi connectivity index (χ4v) is 2.04. The number of rotatable bonds is 5. The van der Waals surface area contributed by atoms with E-state index in [1.54, 1.807) is 6.20 Å². The fourth-order valence-electron chi connectivity index (χ4n) is 2.04. The van der Waals surface area contributed by atoms with E-state index >= 15 is 0 Å². The molecule has 0 aliphatic carbocycles. The van der Waals surface area contributed by atoms with Crippen LogP contribution in [0.25, 0.3) is 0 Å². The Bertz CT molecular complexity index is 356. The topological polar surface area (TPSA) is 54.0 Å². The Kier molecular flexibility index (Phi) is 9.57. The first-order valence-corrected chi connectivity index (χ1v) is 6.24. The van der Waals surface area contributed by atoms with Crippen molar-refractivity contribution in [3.05, 3.63) is 30.1 Å². The van der Waals surface area contributed by atoms with Gasteiger partial charge in [0.25, 0.3) is 0 Å². The van der Waals surface area contributed by atoms with Crippen molar-refractivity contribution in [2.75, 3.05) is 13.1 Å². The lowest BCUT2D eigenvalue weighted by Crippen LogP contribution is -2.37. The standard InChI is InChI=1S/C13H19N3O.2ClH/c17-13(16-10-12-5-3-9-15-12)7-6-11-4-1-2-8-14-11;;/h1-2,4,8,12,15H,3,5-7,9-10H2,(H,16,17);2*1H. The second-order valence-corrected chi connectivity index (χ2v) is 4.42. The Morgan fingerprint density at radius 3 is 2.89 bits per heavy atom. The van der Waals surface area contributed by atoms with Crippen molar-refractivity contribution in [1.29, 1.82) is 0 Å². The maximum Gasteiger partial charge on any atom is 0.220 e. The normalized spacial score (nSPS) is 17.2. The molecule has 0 aromatic carbocycles. The number of hydrogen-bond donors (Lipinski definition) is 2. The molecule has 6 heteroatoms. The molecule has 4 nitrogen and oxygen atoms in total. The Morgan fingerprint density at radius 2 is 2.26 bits per heavy atom. The minimum absolute atomic E-state index is 0. The van der Waals surface area contributed by atoms with Crippen LogP contribution in [-0.4, -0.2) is 30.0 Å². The first-order chi connectivity index (χ1) is 8.34. The van der Waals surface area contributed by atoms with Crippen LogP contribution in [-0.2, 0) is 11.2 Å². The summed E-state index contributed by atoms with van der Waals surface area (Å²) in [5.74, 6) is 0.115. The molecule has 0 saturated carbocycles. The van der Waals surface area contributed by atoms with Crippen LogP contribution in [0.5, 0.6) is 0 Å². The van der Waals surface area contributed by atoms with Gasteiger partial charge in [-0.3, -0.25) is 9.78 Å². The molecule has 19 heavy (non-hydrogen) atoms. The largest absolute Gasteiger partial charge is 0.355 e. The average Bonchev–Trinajstić information content (AvgIpc) is 2.88. The van der Waals surface area contributed by atoms with Crippen molar-refractivity contribution in [3.63, 3.8) is 0 Å². The van der Waals surface area contributed by atoms with E-state index in [4.69, 9.17) is 0 Å². The maximum atomic E-state index is 11.6. The molecule has 1 fully saturated rings. The van der Waals surface area contributed by atoms with Crippen molar-refractivity contribution in [3.8, 4) is 0 Å². The molecular weight excluding hydrogens is 285 g/mol. The second-order valence-electron chi connectivity index (χ2n) is 4.42. The molecule has 1 aliphatic heterocycles. The molecule has 1 amide bonds. The molecule has 1 aromatic rings. The van der Waals surface area contributed by atoms with Crippen LogP contribution in [0.15, 0.2) is 24.4 Å². The van der Waals surface area contributed by atoms with Gasteiger partial charge in [-0.15, -0.1) is 24.8 Å². The molecule has 1 saturated heterocycles. The van der Waals surface area contributed by atoms with Crippen molar-refractivity contribution in [1.82, 2.24) is 15.6 Å². The minimum Gasteiger partial charge on any atom is -0.355 e. The summed E-state index contributed by atoms with van der Waals surface area (Å²) in [6.07, 6.45) is 5.37. The van der Waals surface area contributed by atoms with Crippen molar-refractivity contribution < 1.29 is 4.79 Å². The zero-order valence-corrected chi connectivity index (χ0v) is 12.4. The van der Waals surface area contributed by atoms with Gasteiger partial charge in [-0.25, -0.2) is 0 Å². The van der Waals surface area contributed by atoms with Crippen LogP contribution in [0.4, 0.5) is 0 Å². The van der Waals surface area contributed by atoms with Gasteiger partial charge >= 0.3 is 0 Å². The van der Waals surface area contributed by atoms with E-state index in [0.717, 1.165) is 18.8 Å². The fraction of sp³-hybridized carbons (Fsp3) is 0.538. The van der Waals surface area contributed by atoms with E-state index in [1.165, 1.54) is 12.8 Å². The number of pyridine rings is 1. The van der Waals surface area contributed by atoms with Gasteiger partial charge in [-0.2, -0.15) is 0 Å². The van der Waals surface area contributed by atoms with Gasteiger partial charge in [-0.05, 0) is 37.9 Å². The second kappa shape index (κ2) is 10.0. The number of carbonyl (C=O) groups is 1. The monoisotopic (exact) mass is 305 g/mol. The van der Waals surface area contributed by atoms with Gasteiger partial charge in [0.15, 0.2) is 0 Å². The molecule has 1 unspecified atom stereocenters. The van der Waals surface area contributed by atoms with Crippen molar-refractivity contribution >= 4 is 30.7 Å². The summed E-state index contributed by atoms with van der Waals surface area (Å²) in [5, 5.41) is 6.32. The maximum absolute atomic E-state index is 11.6. The van der Waals surface area contributed by atoms with E-state index in [1.807, 2.05) is 18.2 Å². The third kappa shape index (κ3) is 6.76. The SMILES string of the molecule is Cl.Cl.O=C(CCc1ccccn1)NCC1CCCN1. The van der Waals surface area contributed by atoms with Gasteiger partial charge in [0, 0.05) is 30.9 Å². The number of carbonyl (C=O) groups excluding carboxylic acids is 1. The lowest BCUT2D eigenvalue weighted by atomic mass is 10.2. The molecule has 0 bridgehead atoms. The van der Waals surface area contributed by atoms with Crippen LogP contribution < -0.4 is 10.6 Å². The first kappa shape index (κ1) is 18.2. The summed E-state index contributed by atoms with van der Waals surface area (Å²) in [6, 6.07) is 6.25. The highest BCUT2D eigenvalue weighted by atomic mass is 35.5. The predicted octanol–water partition coefficient (Wildman–Crippen LogP) is 1.73. The molecule has 0 spiro atoms. The Labute approximate surface area is 126 Å². The number of aromatic nitrogens is 1. The van der Waals surface area contributed by atoms with E-state index in [0.29, 0.717) is 18.9 Å². The summed E-state index contributed by atoms with van der Waals surface area (Å²) < 4.78 is 0. The molecule has 0 radical (unpaired) electrons. The highest BCUT2D eigenvalue weighted by Crippen LogP contribution is 2.03. The molecule has 108 valence electrons. The minimum atomic E-state index is 0. The zero-order chi connectivity index (χ0) is 11.9. The molecule has 2 heterocycles. The molecule has 2 N–H and O–H groups in total. The van der Waals surface area contributed by atoms with Gasteiger partial charge in [0.1, 0.15) is 0 Å². The number of amides is 1. The van der Waals surface area contributed by atoms with Gasteiger partial charge in [0.05, 0.1) is 0 Å². The summed E-state index contributed by atoms with van der Waals surface area (Å²) in [5.41, 5.74) is 0.974. The highest BCUT2D eigenvalue weighted by molar-refractivity contribution is 5.85. The predicted molar refractivity (Wildman–Crippen MR) is 81.1 cm³/mol. The number of hydrogen-bond acceptors (Lipinski definition) is 3. The third-order valence-corrected chi connectivity index (χ3v) is 3.04. The van der Waals surface area contributed by atoms with E-state index in [9.17, 15) is 4.79 Å². The lowest BCUT2D eigenvalue weighted by molar-refractivity contribution is -0.121. The van der Waals surface area contributed by atoms with Crippen LogP contribution in [0.3, 0.4) is 0 Å². The van der Waals surface area contributed by atoms with Crippen LogP contribution in [0.1, 0.15) is 25.0 Å². The van der Waals surface area contributed by atoms with Crippen LogP contribution in [0.2, 0.25) is 0 Å². The number of nitrogens with one attached hydrogen (secondary N) is 2. The quantitative estimate of drug-likeness (QED) is 0.871. The highest BCUT2D eigenvalue weighted by Gasteiger charge is 2.14. The van der Waals surface area contributed by atoms with E-state index < -0.39 is 0 Å². The molecule has 1 atom stereocenters. The van der Waals surface area contributed by atoms with Gasteiger partial charge < -0.3 is 10.6 Å². The molecule has 1 aliphatic rings. The Hall–Kier alpha value is -0.840. The van der Waals surface area contributed by atoms with Crippen LogP contribution >= 0.6 is 24.8 Å². The van der Waals surface area contributed by atoms with Crippen LogP contribution in [0, 0.1) is 0 Å². The van der Waals surface area contributed by atoms with E-state index in [-0.39, 0.29) is 30.7 Å².